The number of methoxy groups -OCH3 is 1. The molecule has 1 amide bonds. The van der Waals surface area contributed by atoms with E-state index in [1.165, 1.54) is 0 Å². The third-order valence-corrected chi connectivity index (χ3v) is 10.9. The van der Waals surface area contributed by atoms with Gasteiger partial charge in [-0.2, -0.15) is 0 Å². The third-order valence-electron chi connectivity index (χ3n) is 10.9. The number of carboxylic acids is 1. The first kappa shape index (κ1) is 27.9. The molecule has 3 aliphatic carbocycles. The maximum atomic E-state index is 14.5. The molecule has 0 bridgehead atoms. The predicted molar refractivity (Wildman–Crippen MR) is 160 cm³/mol. The quantitative estimate of drug-likeness (QED) is 0.435. The first-order valence-electron chi connectivity index (χ1n) is 15.5. The van der Waals surface area contributed by atoms with Crippen LogP contribution in [0.5, 0.6) is 5.75 Å². The van der Waals surface area contributed by atoms with E-state index in [1.54, 1.807) is 20.1 Å². The summed E-state index contributed by atoms with van der Waals surface area (Å²) < 4.78 is 12.6. The molecule has 0 radical (unpaired) electrons. The van der Waals surface area contributed by atoms with Crippen molar-refractivity contribution in [2.24, 2.45) is 5.41 Å². The highest BCUT2D eigenvalue weighted by Gasteiger charge is 2.56. The zero-order valence-electron chi connectivity index (χ0n) is 25.3. The van der Waals surface area contributed by atoms with E-state index in [-0.39, 0.29) is 28.3 Å². The summed E-state index contributed by atoms with van der Waals surface area (Å²) in [6.07, 6.45) is 7.98. The van der Waals surface area contributed by atoms with Crippen LogP contribution in [-0.2, 0) is 14.3 Å². The summed E-state index contributed by atoms with van der Waals surface area (Å²) >= 11 is 0. The first-order valence-corrected chi connectivity index (χ1v) is 15.5. The number of benzene rings is 1. The second-order valence-electron chi connectivity index (χ2n) is 13.2. The van der Waals surface area contributed by atoms with Crippen molar-refractivity contribution in [2.45, 2.75) is 90.0 Å². The maximum Gasteiger partial charge on any atom is 0.354 e. The number of aryl methyl sites for hydroxylation is 1. The highest BCUT2D eigenvalue weighted by atomic mass is 16.5. The zero-order valence-corrected chi connectivity index (χ0v) is 25.3. The number of aromatic carboxylic acids is 1. The number of amides is 1. The van der Waals surface area contributed by atoms with Crippen molar-refractivity contribution in [3.63, 3.8) is 0 Å². The van der Waals surface area contributed by atoms with Crippen molar-refractivity contribution >= 4 is 17.7 Å². The van der Waals surface area contributed by atoms with Gasteiger partial charge in [0.15, 0.2) is 11.5 Å². The summed E-state index contributed by atoms with van der Waals surface area (Å²) in [7, 11) is 1.60. The molecular formula is C35H38N2O6. The maximum absolute atomic E-state index is 14.5. The van der Waals surface area contributed by atoms with Gasteiger partial charge in [-0.3, -0.25) is 9.59 Å². The molecule has 5 aliphatic rings. The molecule has 0 saturated heterocycles. The van der Waals surface area contributed by atoms with Gasteiger partial charge in [0.25, 0.3) is 5.91 Å². The summed E-state index contributed by atoms with van der Waals surface area (Å²) in [5, 5.41) is 9.76. The van der Waals surface area contributed by atoms with Crippen LogP contribution in [0, 0.1) is 19.3 Å². The normalized spacial score (nSPS) is 23.4. The van der Waals surface area contributed by atoms with Crippen molar-refractivity contribution in [1.29, 1.82) is 0 Å². The number of likely N-dealkylation sites (N-methyl/N-ethyl adjacent to an activating group) is 1. The van der Waals surface area contributed by atoms with E-state index in [0.717, 1.165) is 61.0 Å². The number of aromatic nitrogens is 1. The SMILES string of the molecule is CCN1C(=O)C2=C(CC13CCC3)OC1=C(C(=O)CC3(CCC3)C1)[C@@H]2c1c(OC)ccc(-c2ccc(C)c(C(=O)O)n2)c1C. The number of ketones is 1. The lowest BCUT2D eigenvalue weighted by atomic mass is 9.58. The molecule has 2 aromatic rings. The van der Waals surface area contributed by atoms with Gasteiger partial charge in [0.05, 0.1) is 29.8 Å². The molecule has 7 rings (SSSR count). The lowest BCUT2D eigenvalue weighted by Gasteiger charge is -2.55. The van der Waals surface area contributed by atoms with E-state index in [4.69, 9.17) is 9.47 Å². The van der Waals surface area contributed by atoms with Gasteiger partial charge in [0.2, 0.25) is 0 Å². The molecule has 8 nitrogen and oxygen atoms in total. The largest absolute Gasteiger partial charge is 0.496 e. The second-order valence-corrected chi connectivity index (χ2v) is 13.2. The van der Waals surface area contributed by atoms with E-state index < -0.39 is 11.9 Å². The van der Waals surface area contributed by atoms with E-state index >= 15 is 0 Å². The monoisotopic (exact) mass is 582 g/mol. The van der Waals surface area contributed by atoms with Gasteiger partial charge in [-0.25, -0.2) is 9.78 Å². The minimum atomic E-state index is -1.09. The highest BCUT2D eigenvalue weighted by Crippen LogP contribution is 2.60. The molecular weight excluding hydrogens is 544 g/mol. The topological polar surface area (TPSA) is 106 Å². The van der Waals surface area contributed by atoms with Crippen LogP contribution in [-0.4, -0.2) is 51.8 Å². The molecule has 224 valence electrons. The van der Waals surface area contributed by atoms with Gasteiger partial charge < -0.3 is 19.5 Å². The molecule has 1 aromatic carbocycles. The Bertz CT molecular complexity index is 1660. The van der Waals surface area contributed by atoms with E-state index in [0.29, 0.717) is 59.7 Å². The molecule has 8 heteroatoms. The average Bonchev–Trinajstić information content (AvgIpc) is 2.94. The fraction of sp³-hybridized carbons (Fsp3) is 0.486. The molecule has 1 aromatic heterocycles. The number of allylic oxidation sites excluding steroid dienone is 2. The number of hydrogen-bond donors (Lipinski definition) is 1. The minimum Gasteiger partial charge on any atom is -0.496 e. The Labute approximate surface area is 251 Å². The number of carboxylic acid groups (broad SMARTS) is 1. The Morgan fingerprint density at radius 3 is 2.35 bits per heavy atom. The number of hydrogen-bond acceptors (Lipinski definition) is 6. The number of carbonyl (C=O) groups excluding carboxylic acids is 2. The Balaban J connectivity index is 1.46. The van der Waals surface area contributed by atoms with Crippen LogP contribution in [0.15, 0.2) is 46.9 Å². The standard InChI is InChI=1S/C35H38N2O6/c1-5-37-32(39)29-26(18-35(37)14-7-15-35)43-25-17-34(12-6-13-34)16-23(38)28(25)30(29)27-20(3)21(9-11-24(27)42-4)22-10-8-19(2)31(36-22)33(40)41/h8-11,30H,5-7,12-18H2,1-4H3,(H,40,41)/t30-/m0/s1. The lowest BCUT2D eigenvalue weighted by molar-refractivity contribution is -0.141. The van der Waals surface area contributed by atoms with E-state index in [1.807, 2.05) is 36.9 Å². The van der Waals surface area contributed by atoms with E-state index in [9.17, 15) is 19.5 Å². The van der Waals surface area contributed by atoms with Crippen LogP contribution in [0.3, 0.4) is 0 Å². The Kier molecular flexibility index (Phi) is 6.35. The van der Waals surface area contributed by atoms with Crippen molar-refractivity contribution in [1.82, 2.24) is 9.88 Å². The Morgan fingerprint density at radius 1 is 1.02 bits per heavy atom. The number of pyridine rings is 1. The van der Waals surface area contributed by atoms with Gasteiger partial charge >= 0.3 is 5.97 Å². The number of nitrogens with zero attached hydrogens (tertiary/aromatic N) is 2. The molecule has 0 unspecified atom stereocenters. The van der Waals surface area contributed by atoms with Gasteiger partial charge in [-0.1, -0.05) is 12.5 Å². The van der Waals surface area contributed by atoms with Gasteiger partial charge in [0.1, 0.15) is 17.3 Å². The van der Waals surface area contributed by atoms with Crippen LogP contribution in [0.4, 0.5) is 0 Å². The summed E-state index contributed by atoms with van der Waals surface area (Å²) in [6.45, 7) is 6.29. The lowest BCUT2D eigenvalue weighted by Crippen LogP contribution is -2.60. The fourth-order valence-corrected chi connectivity index (χ4v) is 8.38. The van der Waals surface area contributed by atoms with Crippen LogP contribution in [0.2, 0.25) is 0 Å². The van der Waals surface area contributed by atoms with Gasteiger partial charge in [-0.05, 0) is 87.6 Å². The van der Waals surface area contributed by atoms with Crippen LogP contribution in [0.1, 0.15) is 97.8 Å². The van der Waals surface area contributed by atoms with Crippen molar-refractivity contribution in [3.8, 4) is 17.0 Å². The van der Waals surface area contributed by atoms with Crippen molar-refractivity contribution < 1.29 is 29.0 Å². The summed E-state index contributed by atoms with van der Waals surface area (Å²) in [5.41, 5.74) is 4.22. The first-order chi connectivity index (χ1) is 20.6. The molecule has 1 N–H and O–H groups in total. The average molecular weight is 583 g/mol. The van der Waals surface area contributed by atoms with Crippen LogP contribution >= 0.6 is 0 Å². The number of Topliss-reactive ketones (excluding diaryl/α,β-unsaturated/α-hetero) is 1. The van der Waals surface area contributed by atoms with Crippen LogP contribution < -0.4 is 4.74 Å². The molecule has 2 fully saturated rings. The molecule has 2 saturated carbocycles. The molecule has 2 spiro atoms. The number of ether oxygens (including phenoxy) is 2. The predicted octanol–water partition coefficient (Wildman–Crippen LogP) is 6.40. The smallest absolute Gasteiger partial charge is 0.354 e. The second kappa shape index (κ2) is 9.79. The van der Waals surface area contributed by atoms with Crippen molar-refractivity contribution in [2.75, 3.05) is 13.7 Å². The Morgan fingerprint density at radius 2 is 1.74 bits per heavy atom. The highest BCUT2D eigenvalue weighted by molar-refractivity contribution is 6.06. The number of carbonyl (C=O) groups is 3. The molecule has 1 atom stereocenters. The Hall–Kier alpha value is -3.94. The van der Waals surface area contributed by atoms with Crippen molar-refractivity contribution in [3.05, 3.63) is 69.3 Å². The molecule has 43 heavy (non-hydrogen) atoms. The van der Waals surface area contributed by atoms with Crippen LogP contribution in [0.25, 0.3) is 11.3 Å². The third kappa shape index (κ3) is 4.01. The van der Waals surface area contributed by atoms with Gasteiger partial charge in [-0.15, -0.1) is 0 Å². The summed E-state index contributed by atoms with van der Waals surface area (Å²) in [5.74, 6) is 0.262. The summed E-state index contributed by atoms with van der Waals surface area (Å²) in [6, 6.07) is 7.29. The van der Waals surface area contributed by atoms with E-state index in [2.05, 4.69) is 4.98 Å². The summed E-state index contributed by atoms with van der Waals surface area (Å²) in [4.78, 5) is 47.1. The fourth-order valence-electron chi connectivity index (χ4n) is 8.38. The van der Waals surface area contributed by atoms with Gasteiger partial charge in [0, 0.05) is 42.5 Å². The molecule has 2 aliphatic heterocycles. The number of rotatable bonds is 5. The minimum absolute atomic E-state index is 0.00424. The molecule has 3 heterocycles. The zero-order chi connectivity index (χ0) is 30.3.